The number of aromatic nitrogens is 2. The number of ether oxygens (including phenoxy) is 2. The summed E-state index contributed by atoms with van der Waals surface area (Å²) in [5.41, 5.74) is 0.813. The number of halogens is 2. The summed E-state index contributed by atoms with van der Waals surface area (Å²) < 4.78 is 17.0. The molecule has 8 heteroatoms. The molecule has 3 rings (SSSR count). The maximum Gasteiger partial charge on any atom is 0.269 e. The second kappa shape index (κ2) is 8.03. The molecule has 130 valence electrons. The second-order valence-corrected chi connectivity index (χ2v) is 7.07. The fourth-order valence-corrected chi connectivity index (χ4v) is 3.57. The minimum atomic E-state index is 0.258. The average molecular weight is 442 g/mol. The molecule has 0 radical (unpaired) electrons. The Morgan fingerprint density at radius 2 is 2.28 bits per heavy atom. The van der Waals surface area contributed by atoms with E-state index in [1.807, 2.05) is 36.6 Å². The molecule has 2 aromatic heterocycles. The molecule has 5 nitrogen and oxygen atoms in total. The van der Waals surface area contributed by atoms with Crippen LogP contribution in [0.2, 0.25) is 0 Å². The summed E-state index contributed by atoms with van der Waals surface area (Å²) in [6, 6.07) is 7.56. The lowest BCUT2D eigenvalue weighted by molar-refractivity contribution is 0.309. The summed E-state index contributed by atoms with van der Waals surface area (Å²) in [6.45, 7) is 2.45. The lowest BCUT2D eigenvalue weighted by atomic mass is 10.2. The zero-order valence-corrected chi connectivity index (χ0v) is 16.6. The summed E-state index contributed by atoms with van der Waals surface area (Å²) in [7, 11) is 1.59. The lowest BCUT2D eigenvalue weighted by Crippen LogP contribution is -1.97. The molecule has 0 bridgehead atoms. The van der Waals surface area contributed by atoms with Crippen molar-refractivity contribution in [3.05, 3.63) is 45.6 Å². The number of methoxy groups -OCH3 is 1. The molecule has 3 aromatic rings. The molecule has 2 heterocycles. The maximum absolute atomic E-state index is 6.35. The van der Waals surface area contributed by atoms with Gasteiger partial charge in [0.2, 0.25) is 5.82 Å². The maximum atomic E-state index is 6.35. The Balaban J connectivity index is 1.91. The van der Waals surface area contributed by atoms with Crippen LogP contribution >= 0.6 is 38.9 Å². The van der Waals surface area contributed by atoms with Gasteiger partial charge >= 0.3 is 0 Å². The van der Waals surface area contributed by atoms with Crippen molar-refractivity contribution < 1.29 is 14.0 Å². The SMILES string of the molecule is CCOc1c(Br)cc(C=C(Cl)c2nc(-c3cccs3)no2)cc1OC. The zero-order chi connectivity index (χ0) is 17.8. The van der Waals surface area contributed by atoms with E-state index < -0.39 is 0 Å². The minimum absolute atomic E-state index is 0.258. The third kappa shape index (κ3) is 4.05. The molecule has 0 unspecified atom stereocenters. The number of rotatable bonds is 6. The van der Waals surface area contributed by atoms with E-state index in [2.05, 4.69) is 26.1 Å². The molecule has 0 aliphatic rings. The van der Waals surface area contributed by atoms with Crippen LogP contribution in [0.1, 0.15) is 18.4 Å². The highest BCUT2D eigenvalue weighted by atomic mass is 79.9. The van der Waals surface area contributed by atoms with Crippen molar-refractivity contribution in [2.45, 2.75) is 6.92 Å². The van der Waals surface area contributed by atoms with Gasteiger partial charge in [-0.1, -0.05) is 22.8 Å². The molecule has 0 aliphatic heterocycles. The largest absolute Gasteiger partial charge is 0.493 e. The van der Waals surface area contributed by atoms with Crippen LogP contribution in [0.15, 0.2) is 38.6 Å². The van der Waals surface area contributed by atoms with Gasteiger partial charge in [-0.2, -0.15) is 4.98 Å². The molecule has 0 spiro atoms. The van der Waals surface area contributed by atoms with E-state index in [1.54, 1.807) is 13.2 Å². The quantitative estimate of drug-likeness (QED) is 0.491. The third-order valence-electron chi connectivity index (χ3n) is 3.21. The molecule has 1 aromatic carbocycles. The monoisotopic (exact) mass is 440 g/mol. The smallest absolute Gasteiger partial charge is 0.269 e. The predicted molar refractivity (Wildman–Crippen MR) is 103 cm³/mol. The van der Waals surface area contributed by atoms with Gasteiger partial charge in [0.25, 0.3) is 5.89 Å². The molecule has 0 N–H and O–H groups in total. The molecule has 25 heavy (non-hydrogen) atoms. The van der Waals surface area contributed by atoms with E-state index in [4.69, 9.17) is 25.6 Å². The fourth-order valence-electron chi connectivity index (χ4n) is 2.14. The van der Waals surface area contributed by atoms with Crippen LogP contribution in [0.3, 0.4) is 0 Å². The molecular formula is C17H14BrClN2O3S. The highest BCUT2D eigenvalue weighted by Gasteiger charge is 2.14. The Hall–Kier alpha value is -1.83. The number of benzene rings is 1. The van der Waals surface area contributed by atoms with Gasteiger partial charge in [-0.15, -0.1) is 11.3 Å². The summed E-state index contributed by atoms with van der Waals surface area (Å²) in [5, 5.41) is 6.25. The Labute approximate surface area is 162 Å². The molecule has 0 saturated heterocycles. The van der Waals surface area contributed by atoms with Crippen LogP contribution < -0.4 is 9.47 Å². The van der Waals surface area contributed by atoms with E-state index in [1.165, 1.54) is 11.3 Å². The van der Waals surface area contributed by atoms with E-state index in [0.29, 0.717) is 29.0 Å². The number of hydrogen-bond donors (Lipinski definition) is 0. The van der Waals surface area contributed by atoms with Gasteiger partial charge in [0.1, 0.15) is 5.03 Å². The Bertz CT molecular complexity index is 893. The van der Waals surface area contributed by atoms with Crippen LogP contribution in [0.4, 0.5) is 0 Å². The number of hydrogen-bond acceptors (Lipinski definition) is 6. The highest BCUT2D eigenvalue weighted by molar-refractivity contribution is 9.10. The molecule has 0 atom stereocenters. The first-order valence-electron chi connectivity index (χ1n) is 7.37. The van der Waals surface area contributed by atoms with Crippen molar-refractivity contribution in [3.63, 3.8) is 0 Å². The first kappa shape index (κ1) is 18.0. The standard InChI is InChI=1S/C17H14BrClN2O3S/c1-3-23-15-11(18)7-10(9-13(15)22-2)8-12(19)17-20-16(21-24-17)14-5-4-6-25-14/h4-9H,3H2,1-2H3. The van der Waals surface area contributed by atoms with Crippen LogP contribution in [0.25, 0.3) is 21.8 Å². The molecule has 0 saturated carbocycles. The molecule has 0 amide bonds. The van der Waals surface area contributed by atoms with Gasteiger partial charge in [-0.25, -0.2) is 0 Å². The normalized spacial score (nSPS) is 11.6. The Morgan fingerprint density at radius 1 is 1.44 bits per heavy atom. The number of thiophene rings is 1. The van der Waals surface area contributed by atoms with Gasteiger partial charge in [-0.05, 0) is 58.1 Å². The van der Waals surface area contributed by atoms with Crippen molar-refractivity contribution in [1.82, 2.24) is 10.1 Å². The molecular weight excluding hydrogens is 428 g/mol. The summed E-state index contributed by atoms with van der Waals surface area (Å²) >= 11 is 11.4. The predicted octanol–water partition coefficient (Wildman–Crippen LogP) is 5.70. The number of nitrogens with zero attached hydrogens (tertiary/aromatic N) is 2. The van der Waals surface area contributed by atoms with Gasteiger partial charge < -0.3 is 14.0 Å². The topological polar surface area (TPSA) is 57.4 Å². The van der Waals surface area contributed by atoms with E-state index in [-0.39, 0.29) is 5.89 Å². The first-order chi connectivity index (χ1) is 12.1. The van der Waals surface area contributed by atoms with Gasteiger partial charge in [0.05, 0.1) is 23.1 Å². The van der Waals surface area contributed by atoms with Crippen LogP contribution in [0, 0.1) is 0 Å². The van der Waals surface area contributed by atoms with Crippen molar-refractivity contribution >= 4 is 50.0 Å². The first-order valence-corrected chi connectivity index (χ1v) is 9.43. The van der Waals surface area contributed by atoms with Crippen molar-refractivity contribution in [2.24, 2.45) is 0 Å². The minimum Gasteiger partial charge on any atom is -0.493 e. The van der Waals surface area contributed by atoms with Gasteiger partial charge in [0.15, 0.2) is 11.5 Å². The summed E-state index contributed by atoms with van der Waals surface area (Å²) in [4.78, 5) is 5.25. The molecule has 0 aliphatic carbocycles. The Kier molecular flexibility index (Phi) is 5.78. The second-order valence-electron chi connectivity index (χ2n) is 4.86. The van der Waals surface area contributed by atoms with E-state index in [0.717, 1.165) is 14.9 Å². The summed E-state index contributed by atoms with van der Waals surface area (Å²) in [5.74, 6) is 2.03. The molecule has 0 fully saturated rings. The van der Waals surface area contributed by atoms with Crippen molar-refractivity contribution in [3.8, 4) is 22.2 Å². The van der Waals surface area contributed by atoms with Crippen LogP contribution in [-0.4, -0.2) is 23.9 Å². The lowest BCUT2D eigenvalue weighted by Gasteiger charge is -2.12. The van der Waals surface area contributed by atoms with Gasteiger partial charge in [-0.3, -0.25) is 0 Å². The third-order valence-corrected chi connectivity index (χ3v) is 4.93. The van der Waals surface area contributed by atoms with Crippen LogP contribution in [-0.2, 0) is 0 Å². The highest BCUT2D eigenvalue weighted by Crippen LogP contribution is 2.38. The summed E-state index contributed by atoms with van der Waals surface area (Å²) in [6.07, 6.45) is 1.73. The van der Waals surface area contributed by atoms with E-state index in [9.17, 15) is 0 Å². The van der Waals surface area contributed by atoms with Crippen molar-refractivity contribution in [2.75, 3.05) is 13.7 Å². The average Bonchev–Trinajstić information content (AvgIpc) is 3.28. The van der Waals surface area contributed by atoms with Crippen LogP contribution in [0.5, 0.6) is 11.5 Å². The Morgan fingerprint density at radius 3 is 2.96 bits per heavy atom. The zero-order valence-electron chi connectivity index (χ0n) is 13.5. The van der Waals surface area contributed by atoms with Crippen molar-refractivity contribution in [1.29, 1.82) is 0 Å². The van der Waals surface area contributed by atoms with Gasteiger partial charge in [0, 0.05) is 0 Å². The van der Waals surface area contributed by atoms with E-state index >= 15 is 0 Å². The fraction of sp³-hybridized carbons (Fsp3) is 0.176.